The number of thioether (sulfide) groups is 1. The number of anilines is 1. The van der Waals surface area contributed by atoms with Gasteiger partial charge in [-0.2, -0.15) is 5.26 Å². The number of carbonyl (C=O) groups is 4. The van der Waals surface area contributed by atoms with E-state index in [1.807, 2.05) is 6.07 Å². The molecule has 0 fully saturated rings. The topological polar surface area (TPSA) is 121 Å². The Hall–Kier alpha value is -4.04. The molecule has 34 heavy (non-hydrogen) atoms. The molecule has 0 saturated carbocycles. The smallest absolute Gasteiger partial charge is 0.341 e. The third-order valence-electron chi connectivity index (χ3n) is 5.86. The maximum absolute atomic E-state index is 13.1. The van der Waals surface area contributed by atoms with E-state index in [1.54, 1.807) is 41.8 Å². The highest BCUT2D eigenvalue weighted by molar-refractivity contribution is 7.99. The number of carbonyl (C=O) groups excluding carboxylic acids is 4. The summed E-state index contributed by atoms with van der Waals surface area (Å²) in [6.07, 6.45) is 1.74. The van der Waals surface area contributed by atoms with Crippen molar-refractivity contribution in [3.05, 3.63) is 34.4 Å². The van der Waals surface area contributed by atoms with Crippen LogP contribution in [-0.4, -0.2) is 74.7 Å². The van der Waals surface area contributed by atoms with Crippen molar-refractivity contribution in [3.63, 3.8) is 0 Å². The molecule has 0 bridgehead atoms. The molecule has 1 aliphatic heterocycles. The summed E-state index contributed by atoms with van der Waals surface area (Å²) in [7, 11) is 7.33. The average molecular weight is 481 g/mol. The number of amides is 2. The van der Waals surface area contributed by atoms with E-state index in [2.05, 4.69) is 0 Å². The number of likely N-dealkylation sites (N-methyl/N-ethyl adjacent to an activating group) is 1. The SMILES string of the molecule is COC(=O)c1c(C(=O)OC)c2c(SC)c(C3=C(C#N)C(=O)N(C)C3=O)c3cc(N(C)C)cc1n32. The van der Waals surface area contributed by atoms with Crippen LogP contribution < -0.4 is 4.90 Å². The van der Waals surface area contributed by atoms with E-state index in [0.717, 1.165) is 4.90 Å². The molecule has 4 heterocycles. The predicted octanol–water partition coefficient (Wildman–Crippen LogP) is 2.17. The normalized spacial score (nSPS) is 13.9. The molecule has 3 aromatic rings. The Balaban J connectivity index is 2.32. The van der Waals surface area contributed by atoms with E-state index in [0.29, 0.717) is 32.7 Å². The number of imide groups is 1. The van der Waals surface area contributed by atoms with E-state index >= 15 is 0 Å². The molecule has 0 radical (unpaired) electrons. The maximum atomic E-state index is 13.1. The molecule has 2 amide bonds. The van der Waals surface area contributed by atoms with Crippen LogP contribution in [0.2, 0.25) is 0 Å². The van der Waals surface area contributed by atoms with Gasteiger partial charge >= 0.3 is 11.9 Å². The quantitative estimate of drug-likeness (QED) is 0.307. The van der Waals surface area contributed by atoms with Crippen molar-refractivity contribution in [1.29, 1.82) is 5.26 Å². The summed E-state index contributed by atoms with van der Waals surface area (Å²) in [4.78, 5) is 54.6. The second kappa shape index (κ2) is 8.07. The molecule has 0 aliphatic carbocycles. The lowest BCUT2D eigenvalue weighted by molar-refractivity contribution is -0.135. The van der Waals surface area contributed by atoms with Crippen LogP contribution in [0.5, 0.6) is 0 Å². The van der Waals surface area contributed by atoms with Gasteiger partial charge in [0.25, 0.3) is 11.8 Å². The number of rotatable bonds is 5. The van der Waals surface area contributed by atoms with Gasteiger partial charge in [-0.3, -0.25) is 14.5 Å². The Bertz CT molecular complexity index is 1490. The number of ether oxygens (including phenoxy) is 2. The second-order valence-corrected chi connectivity index (χ2v) is 8.55. The number of hydrogen-bond acceptors (Lipinski definition) is 9. The van der Waals surface area contributed by atoms with Gasteiger partial charge in [-0.05, 0) is 18.4 Å². The van der Waals surface area contributed by atoms with Crippen LogP contribution in [0, 0.1) is 11.3 Å². The number of aromatic nitrogens is 1. The van der Waals surface area contributed by atoms with Crippen LogP contribution in [0.3, 0.4) is 0 Å². The lowest BCUT2D eigenvalue weighted by atomic mass is 10.0. The summed E-state index contributed by atoms with van der Waals surface area (Å²) in [5, 5.41) is 9.71. The largest absolute Gasteiger partial charge is 0.465 e. The van der Waals surface area contributed by atoms with E-state index in [9.17, 15) is 24.4 Å². The fourth-order valence-electron chi connectivity index (χ4n) is 4.28. The molecule has 3 aromatic heterocycles. The molecule has 1 aliphatic rings. The van der Waals surface area contributed by atoms with Crippen molar-refractivity contribution < 1.29 is 28.7 Å². The molecule has 0 aromatic carbocycles. The van der Waals surface area contributed by atoms with Crippen LogP contribution in [0.4, 0.5) is 5.69 Å². The van der Waals surface area contributed by atoms with Gasteiger partial charge in [-0.25, -0.2) is 9.59 Å². The fraction of sp³-hybridized carbons (Fsp3) is 0.261. The number of pyridine rings is 1. The molecule has 0 saturated heterocycles. The van der Waals surface area contributed by atoms with E-state index < -0.39 is 23.8 Å². The fourth-order valence-corrected chi connectivity index (χ4v) is 5.08. The van der Waals surface area contributed by atoms with Gasteiger partial charge in [0.2, 0.25) is 0 Å². The summed E-state index contributed by atoms with van der Waals surface area (Å²) in [6.45, 7) is 0. The minimum absolute atomic E-state index is 0.0184. The lowest BCUT2D eigenvalue weighted by Crippen LogP contribution is -2.26. The highest BCUT2D eigenvalue weighted by Crippen LogP contribution is 2.46. The zero-order valence-electron chi connectivity index (χ0n) is 19.3. The third-order valence-corrected chi connectivity index (χ3v) is 6.67. The van der Waals surface area contributed by atoms with Crippen molar-refractivity contribution >= 4 is 63.3 Å². The van der Waals surface area contributed by atoms with E-state index in [-0.39, 0.29) is 22.3 Å². The number of nitriles is 1. The summed E-state index contributed by atoms with van der Waals surface area (Å²) in [5.41, 5.74) is 1.86. The van der Waals surface area contributed by atoms with Crippen LogP contribution >= 0.6 is 11.8 Å². The predicted molar refractivity (Wildman–Crippen MR) is 125 cm³/mol. The first-order valence-corrected chi connectivity index (χ1v) is 11.2. The Kier molecular flexibility index (Phi) is 5.49. The Morgan fingerprint density at radius 2 is 1.62 bits per heavy atom. The van der Waals surface area contributed by atoms with Crippen molar-refractivity contribution in [1.82, 2.24) is 9.30 Å². The molecule has 0 unspecified atom stereocenters. The molecule has 10 nitrogen and oxygen atoms in total. The first kappa shape index (κ1) is 23.1. The van der Waals surface area contributed by atoms with E-state index in [1.165, 1.54) is 33.0 Å². The van der Waals surface area contributed by atoms with Gasteiger partial charge in [-0.1, -0.05) is 0 Å². The second-order valence-electron chi connectivity index (χ2n) is 7.74. The van der Waals surface area contributed by atoms with Crippen LogP contribution in [0.15, 0.2) is 22.6 Å². The minimum Gasteiger partial charge on any atom is -0.465 e. The summed E-state index contributed by atoms with van der Waals surface area (Å²) in [6, 6.07) is 5.36. The number of methoxy groups -OCH3 is 2. The Morgan fingerprint density at radius 1 is 1.03 bits per heavy atom. The van der Waals surface area contributed by atoms with E-state index in [4.69, 9.17) is 9.47 Å². The summed E-state index contributed by atoms with van der Waals surface area (Å²) < 4.78 is 11.6. The maximum Gasteiger partial charge on any atom is 0.341 e. The van der Waals surface area contributed by atoms with Gasteiger partial charge in [0.1, 0.15) is 22.8 Å². The molecule has 11 heteroatoms. The van der Waals surface area contributed by atoms with Crippen molar-refractivity contribution in [2.45, 2.75) is 4.90 Å². The van der Waals surface area contributed by atoms with Crippen molar-refractivity contribution in [3.8, 4) is 6.07 Å². The van der Waals surface area contributed by atoms with Crippen LogP contribution in [0.1, 0.15) is 26.3 Å². The first-order valence-electron chi connectivity index (χ1n) is 9.97. The minimum atomic E-state index is -0.760. The number of nitrogens with zero attached hydrogens (tertiary/aromatic N) is 4. The van der Waals surface area contributed by atoms with Crippen LogP contribution in [-0.2, 0) is 19.1 Å². The molecule has 0 atom stereocenters. The number of hydrogen-bond donors (Lipinski definition) is 0. The highest BCUT2D eigenvalue weighted by Gasteiger charge is 2.41. The first-order chi connectivity index (χ1) is 16.1. The summed E-state index contributed by atoms with van der Waals surface area (Å²) in [5.74, 6) is -2.80. The van der Waals surface area contributed by atoms with Crippen molar-refractivity contribution in [2.75, 3.05) is 46.5 Å². The van der Waals surface area contributed by atoms with Gasteiger partial charge in [-0.15, -0.1) is 11.8 Å². The summed E-state index contributed by atoms with van der Waals surface area (Å²) >= 11 is 1.22. The molecule has 0 spiro atoms. The zero-order chi connectivity index (χ0) is 25.1. The molecule has 4 rings (SSSR count). The van der Waals surface area contributed by atoms with Crippen LogP contribution in [0.25, 0.3) is 22.1 Å². The molecule has 174 valence electrons. The zero-order valence-corrected chi connectivity index (χ0v) is 20.1. The van der Waals surface area contributed by atoms with Gasteiger partial charge < -0.3 is 18.8 Å². The molecular formula is C23H20N4O6S. The lowest BCUT2D eigenvalue weighted by Gasteiger charge is -2.15. The standard InChI is InChI=1S/C23H20N4O6S/c1-25(2)10-7-12-15(14-11(9-24)20(28)26(3)21(14)29)19(34-6)18-17(23(31)33-5)16(22(30)32-4)13(8-10)27(12)18/h7-8H,1-6H3. The highest BCUT2D eigenvalue weighted by atomic mass is 32.2. The van der Waals surface area contributed by atoms with Gasteiger partial charge in [0, 0.05) is 37.3 Å². The van der Waals surface area contributed by atoms with Crippen molar-refractivity contribution in [2.24, 2.45) is 0 Å². The number of esters is 2. The monoisotopic (exact) mass is 480 g/mol. The van der Waals surface area contributed by atoms with Gasteiger partial charge in [0.05, 0.1) is 36.3 Å². The molecular weight excluding hydrogens is 460 g/mol. The Morgan fingerprint density at radius 3 is 2.15 bits per heavy atom. The van der Waals surface area contributed by atoms with Gasteiger partial charge in [0.15, 0.2) is 0 Å². The third kappa shape index (κ3) is 2.88. The average Bonchev–Trinajstić information content (AvgIpc) is 3.41. The molecule has 0 N–H and O–H groups in total. The Labute approximate surface area is 198 Å².